The number of nitrogens with zero attached hydrogens (tertiary/aromatic N) is 1. The molecule has 1 unspecified atom stereocenters. The van der Waals surface area contributed by atoms with Gasteiger partial charge in [0.2, 0.25) is 0 Å². The molecule has 20 heavy (non-hydrogen) atoms. The molecule has 0 aromatic heterocycles. The molecule has 4 nitrogen and oxygen atoms in total. The summed E-state index contributed by atoms with van der Waals surface area (Å²) in [5.74, 6) is 0. The van der Waals surface area contributed by atoms with Crippen molar-refractivity contribution in [1.82, 2.24) is 0 Å². The van der Waals surface area contributed by atoms with E-state index in [2.05, 4.69) is 12.2 Å². The third-order valence-corrected chi connectivity index (χ3v) is 3.33. The van der Waals surface area contributed by atoms with Crippen molar-refractivity contribution in [3.63, 3.8) is 0 Å². The molecular weight excluding hydrogens is 276 g/mol. The quantitative estimate of drug-likeness (QED) is 0.635. The number of nitro benzene ring substituents is 1. The lowest BCUT2D eigenvalue weighted by Crippen LogP contribution is -2.09. The van der Waals surface area contributed by atoms with E-state index in [0.29, 0.717) is 5.02 Å². The van der Waals surface area contributed by atoms with E-state index >= 15 is 0 Å². The zero-order valence-electron chi connectivity index (χ0n) is 11.0. The molecule has 0 fully saturated rings. The van der Waals surface area contributed by atoms with Crippen LogP contribution >= 0.6 is 11.6 Å². The monoisotopic (exact) mass is 290 g/mol. The van der Waals surface area contributed by atoms with E-state index in [1.807, 2.05) is 30.3 Å². The molecule has 2 aromatic carbocycles. The van der Waals surface area contributed by atoms with Gasteiger partial charge >= 0.3 is 0 Å². The largest absolute Gasteiger partial charge is 0.378 e. The van der Waals surface area contributed by atoms with Gasteiger partial charge in [-0.25, -0.2) is 0 Å². The SMILES string of the molecule is CCC(Nc1cccc([N+](=O)[O-])c1)c1ccc(Cl)cc1. The third kappa shape index (κ3) is 3.48. The van der Waals surface area contributed by atoms with Crippen LogP contribution in [0, 0.1) is 10.1 Å². The van der Waals surface area contributed by atoms with E-state index in [1.54, 1.807) is 12.1 Å². The van der Waals surface area contributed by atoms with Crippen LogP contribution in [-0.2, 0) is 0 Å². The summed E-state index contributed by atoms with van der Waals surface area (Å²) in [7, 11) is 0. The summed E-state index contributed by atoms with van der Waals surface area (Å²) < 4.78 is 0. The number of anilines is 1. The fourth-order valence-electron chi connectivity index (χ4n) is 2.03. The fourth-order valence-corrected chi connectivity index (χ4v) is 2.15. The van der Waals surface area contributed by atoms with Gasteiger partial charge in [-0.15, -0.1) is 0 Å². The maximum atomic E-state index is 10.8. The van der Waals surface area contributed by atoms with E-state index in [9.17, 15) is 10.1 Å². The molecule has 0 amide bonds. The van der Waals surface area contributed by atoms with Crippen molar-refractivity contribution < 1.29 is 4.92 Å². The van der Waals surface area contributed by atoms with Crippen molar-refractivity contribution in [2.45, 2.75) is 19.4 Å². The van der Waals surface area contributed by atoms with Crippen molar-refractivity contribution in [1.29, 1.82) is 0 Å². The topological polar surface area (TPSA) is 55.2 Å². The Kier molecular flexibility index (Phi) is 4.58. The van der Waals surface area contributed by atoms with Crippen LogP contribution in [0.5, 0.6) is 0 Å². The lowest BCUT2D eigenvalue weighted by atomic mass is 10.0. The van der Waals surface area contributed by atoms with Gasteiger partial charge in [-0.3, -0.25) is 10.1 Å². The molecule has 5 heteroatoms. The number of nitrogens with one attached hydrogen (secondary N) is 1. The third-order valence-electron chi connectivity index (χ3n) is 3.08. The number of non-ortho nitro benzene ring substituents is 1. The summed E-state index contributed by atoms with van der Waals surface area (Å²) in [4.78, 5) is 10.4. The summed E-state index contributed by atoms with van der Waals surface area (Å²) >= 11 is 5.88. The Morgan fingerprint density at radius 1 is 1.25 bits per heavy atom. The highest BCUT2D eigenvalue weighted by Crippen LogP contribution is 2.25. The molecule has 0 aliphatic heterocycles. The average molecular weight is 291 g/mol. The molecule has 2 rings (SSSR count). The van der Waals surface area contributed by atoms with E-state index in [4.69, 9.17) is 11.6 Å². The van der Waals surface area contributed by atoms with Gasteiger partial charge in [0.1, 0.15) is 0 Å². The fraction of sp³-hybridized carbons (Fsp3) is 0.200. The van der Waals surface area contributed by atoms with E-state index < -0.39 is 4.92 Å². The van der Waals surface area contributed by atoms with Gasteiger partial charge in [-0.05, 0) is 30.2 Å². The summed E-state index contributed by atoms with van der Waals surface area (Å²) in [6.45, 7) is 2.06. The van der Waals surface area contributed by atoms with Crippen molar-refractivity contribution >= 4 is 23.0 Å². The first-order valence-corrected chi connectivity index (χ1v) is 6.74. The molecule has 0 saturated carbocycles. The molecule has 2 aromatic rings. The maximum Gasteiger partial charge on any atom is 0.271 e. The van der Waals surface area contributed by atoms with Gasteiger partial charge in [0.25, 0.3) is 5.69 Å². The second kappa shape index (κ2) is 6.39. The molecule has 1 N–H and O–H groups in total. The summed E-state index contributed by atoms with van der Waals surface area (Å²) in [6.07, 6.45) is 0.865. The van der Waals surface area contributed by atoms with Crippen LogP contribution in [0.3, 0.4) is 0 Å². The molecule has 0 saturated heterocycles. The molecule has 104 valence electrons. The number of nitro groups is 1. The number of halogens is 1. The Balaban J connectivity index is 2.19. The number of hydrogen-bond acceptors (Lipinski definition) is 3. The zero-order chi connectivity index (χ0) is 14.5. The molecule has 0 bridgehead atoms. The van der Waals surface area contributed by atoms with Crippen LogP contribution in [0.25, 0.3) is 0 Å². The summed E-state index contributed by atoms with van der Waals surface area (Å²) in [5.41, 5.74) is 1.92. The van der Waals surface area contributed by atoms with Gasteiger partial charge < -0.3 is 5.32 Å². The van der Waals surface area contributed by atoms with Gasteiger partial charge in [-0.1, -0.05) is 36.7 Å². The summed E-state index contributed by atoms with van der Waals surface area (Å²) in [6, 6.07) is 14.2. The minimum atomic E-state index is -0.394. The first kappa shape index (κ1) is 14.3. The Hall–Kier alpha value is -2.07. The van der Waals surface area contributed by atoms with Crippen LogP contribution in [0.4, 0.5) is 11.4 Å². The Labute approximate surface area is 122 Å². The highest BCUT2D eigenvalue weighted by Gasteiger charge is 2.11. The molecule has 0 radical (unpaired) electrons. The first-order valence-electron chi connectivity index (χ1n) is 6.36. The van der Waals surface area contributed by atoms with Gasteiger partial charge in [0.05, 0.1) is 11.0 Å². The van der Waals surface area contributed by atoms with Crippen LogP contribution in [-0.4, -0.2) is 4.92 Å². The van der Waals surface area contributed by atoms with E-state index in [-0.39, 0.29) is 11.7 Å². The lowest BCUT2D eigenvalue weighted by molar-refractivity contribution is -0.384. The molecule has 0 spiro atoms. The molecular formula is C15H15ClN2O2. The standard InChI is InChI=1S/C15H15ClN2O2/c1-2-15(11-6-8-12(16)9-7-11)17-13-4-3-5-14(10-13)18(19)20/h3-10,15,17H,2H2,1H3. The van der Waals surface area contributed by atoms with Crippen LogP contribution in [0.15, 0.2) is 48.5 Å². The van der Waals surface area contributed by atoms with Crippen LogP contribution in [0.2, 0.25) is 5.02 Å². The van der Waals surface area contributed by atoms with Crippen LogP contribution in [0.1, 0.15) is 24.9 Å². The van der Waals surface area contributed by atoms with Crippen molar-refractivity contribution in [2.75, 3.05) is 5.32 Å². The summed E-state index contributed by atoms with van der Waals surface area (Å²) in [5, 5.41) is 14.8. The lowest BCUT2D eigenvalue weighted by Gasteiger charge is -2.18. The minimum Gasteiger partial charge on any atom is -0.378 e. The maximum absolute atomic E-state index is 10.8. The Morgan fingerprint density at radius 2 is 1.95 bits per heavy atom. The van der Waals surface area contributed by atoms with Gasteiger partial charge in [0, 0.05) is 22.8 Å². The molecule has 0 heterocycles. The number of hydrogen-bond donors (Lipinski definition) is 1. The predicted octanol–water partition coefficient (Wildman–Crippen LogP) is 4.81. The van der Waals surface area contributed by atoms with Crippen molar-refractivity contribution in [2.24, 2.45) is 0 Å². The van der Waals surface area contributed by atoms with Gasteiger partial charge in [-0.2, -0.15) is 0 Å². The van der Waals surface area contributed by atoms with Crippen molar-refractivity contribution in [3.05, 3.63) is 69.2 Å². The minimum absolute atomic E-state index is 0.0842. The highest BCUT2D eigenvalue weighted by atomic mass is 35.5. The smallest absolute Gasteiger partial charge is 0.271 e. The second-order valence-electron chi connectivity index (χ2n) is 4.46. The highest BCUT2D eigenvalue weighted by molar-refractivity contribution is 6.30. The molecule has 1 atom stereocenters. The Morgan fingerprint density at radius 3 is 2.55 bits per heavy atom. The molecule has 0 aliphatic carbocycles. The number of rotatable bonds is 5. The van der Waals surface area contributed by atoms with Crippen molar-refractivity contribution in [3.8, 4) is 0 Å². The zero-order valence-corrected chi connectivity index (χ0v) is 11.8. The van der Waals surface area contributed by atoms with E-state index in [0.717, 1.165) is 17.7 Å². The molecule has 0 aliphatic rings. The average Bonchev–Trinajstić information content (AvgIpc) is 2.46. The predicted molar refractivity (Wildman–Crippen MR) is 81.2 cm³/mol. The van der Waals surface area contributed by atoms with Gasteiger partial charge in [0.15, 0.2) is 0 Å². The first-order chi connectivity index (χ1) is 9.60. The van der Waals surface area contributed by atoms with E-state index in [1.165, 1.54) is 6.07 Å². The normalized spacial score (nSPS) is 11.9. The number of benzene rings is 2. The Bertz CT molecular complexity index is 599. The second-order valence-corrected chi connectivity index (χ2v) is 4.90. The van der Waals surface area contributed by atoms with Crippen LogP contribution < -0.4 is 5.32 Å².